The van der Waals surface area contributed by atoms with Crippen LogP contribution in [-0.4, -0.2) is 21.7 Å². The number of benzene rings is 2. The first-order chi connectivity index (χ1) is 11.8. The summed E-state index contributed by atoms with van der Waals surface area (Å²) in [6.45, 7) is 0. The quantitative estimate of drug-likeness (QED) is 0.396. The Kier molecular flexibility index (Phi) is 3.88. The molecule has 0 radical (unpaired) electrons. The van der Waals surface area contributed by atoms with Gasteiger partial charge in [-0.25, -0.2) is 0 Å². The highest BCUT2D eigenvalue weighted by Crippen LogP contribution is 2.25. The van der Waals surface area contributed by atoms with Crippen molar-refractivity contribution < 1.29 is 13.6 Å². The molecular weight excluding hydrogens is 324 g/mol. The Bertz CT molecular complexity index is 987. The number of carbonyl (C=O) groups is 1. The summed E-state index contributed by atoms with van der Waals surface area (Å²) >= 11 is 1.22. The predicted molar refractivity (Wildman–Crippen MR) is 91.0 cm³/mol. The first kappa shape index (κ1) is 14.7. The molecule has 118 valence electrons. The number of furan rings is 1. The van der Waals surface area contributed by atoms with E-state index in [1.54, 1.807) is 12.1 Å². The molecule has 0 saturated heterocycles. The van der Waals surface area contributed by atoms with Gasteiger partial charge in [-0.05, 0) is 22.9 Å². The third-order valence-corrected chi connectivity index (χ3v) is 4.37. The van der Waals surface area contributed by atoms with Crippen LogP contribution in [0.4, 0.5) is 0 Å². The van der Waals surface area contributed by atoms with Gasteiger partial charge in [0, 0.05) is 5.56 Å². The van der Waals surface area contributed by atoms with Crippen LogP contribution in [0.2, 0.25) is 0 Å². The minimum absolute atomic E-state index is 0.0227. The van der Waals surface area contributed by atoms with Gasteiger partial charge in [-0.1, -0.05) is 54.2 Å². The molecule has 0 fully saturated rings. The first-order valence-electron chi connectivity index (χ1n) is 7.32. The molecule has 2 aromatic heterocycles. The van der Waals surface area contributed by atoms with E-state index < -0.39 is 0 Å². The molecule has 0 saturated carbocycles. The average Bonchev–Trinajstić information content (AvgIpc) is 3.30. The maximum Gasteiger partial charge on any atom is 0.284 e. The fraction of sp³-hybridized carbons (Fsp3) is 0.0556. The van der Waals surface area contributed by atoms with E-state index in [1.807, 2.05) is 42.5 Å². The van der Waals surface area contributed by atoms with E-state index in [0.29, 0.717) is 22.4 Å². The van der Waals surface area contributed by atoms with Crippen LogP contribution in [0.25, 0.3) is 22.4 Å². The molecule has 0 bridgehead atoms. The number of thioether (sulfide) groups is 1. The van der Waals surface area contributed by atoms with Crippen LogP contribution in [0.3, 0.4) is 0 Å². The van der Waals surface area contributed by atoms with Gasteiger partial charge in [-0.3, -0.25) is 4.79 Å². The lowest BCUT2D eigenvalue weighted by molar-refractivity contribution is 0.102. The van der Waals surface area contributed by atoms with E-state index in [1.165, 1.54) is 18.0 Å². The number of Topliss-reactive ketones (excluding diaryl/α,β-unsaturated/α-hetero) is 1. The maximum absolute atomic E-state index is 12.5. The average molecular weight is 336 g/mol. The van der Waals surface area contributed by atoms with Crippen molar-refractivity contribution in [1.29, 1.82) is 0 Å². The molecule has 4 rings (SSSR count). The highest BCUT2D eigenvalue weighted by atomic mass is 32.2. The van der Waals surface area contributed by atoms with Crippen molar-refractivity contribution >= 4 is 28.3 Å². The van der Waals surface area contributed by atoms with Crippen molar-refractivity contribution in [2.24, 2.45) is 0 Å². The van der Waals surface area contributed by atoms with E-state index in [9.17, 15) is 4.79 Å². The molecule has 0 unspecified atom stereocenters. The van der Waals surface area contributed by atoms with Gasteiger partial charge in [0.1, 0.15) is 0 Å². The molecule has 2 aromatic carbocycles. The summed E-state index contributed by atoms with van der Waals surface area (Å²) in [6, 6.07) is 17.0. The van der Waals surface area contributed by atoms with Gasteiger partial charge >= 0.3 is 0 Å². The highest BCUT2D eigenvalue weighted by molar-refractivity contribution is 7.99. The minimum atomic E-state index is 0.0227. The molecule has 0 aliphatic rings. The molecule has 0 N–H and O–H groups in total. The fourth-order valence-corrected chi connectivity index (χ4v) is 3.09. The van der Waals surface area contributed by atoms with Gasteiger partial charge in [0.15, 0.2) is 11.5 Å². The number of aromatic nitrogens is 2. The normalized spacial score (nSPS) is 11.0. The fourth-order valence-electron chi connectivity index (χ4n) is 2.44. The van der Waals surface area contributed by atoms with Gasteiger partial charge in [0.2, 0.25) is 0 Å². The first-order valence-corrected chi connectivity index (χ1v) is 8.31. The van der Waals surface area contributed by atoms with Crippen molar-refractivity contribution in [3.05, 3.63) is 66.4 Å². The van der Waals surface area contributed by atoms with E-state index in [4.69, 9.17) is 8.83 Å². The molecule has 0 atom stereocenters. The van der Waals surface area contributed by atoms with Gasteiger partial charge in [-0.15, -0.1) is 10.2 Å². The van der Waals surface area contributed by atoms with E-state index >= 15 is 0 Å². The summed E-state index contributed by atoms with van der Waals surface area (Å²) in [7, 11) is 0. The van der Waals surface area contributed by atoms with Crippen molar-refractivity contribution in [1.82, 2.24) is 10.2 Å². The molecule has 5 nitrogen and oxygen atoms in total. The Balaban J connectivity index is 1.50. The number of hydrogen-bond donors (Lipinski definition) is 0. The van der Waals surface area contributed by atoms with Crippen LogP contribution in [0.15, 0.2) is 74.9 Å². The van der Waals surface area contributed by atoms with Crippen LogP contribution >= 0.6 is 11.8 Å². The third kappa shape index (κ3) is 2.83. The second-order valence-corrected chi connectivity index (χ2v) is 6.02. The summed E-state index contributed by atoms with van der Waals surface area (Å²) in [5.74, 6) is 1.07. The van der Waals surface area contributed by atoms with Crippen molar-refractivity contribution in [3.63, 3.8) is 0 Å². The van der Waals surface area contributed by atoms with Crippen LogP contribution in [0.1, 0.15) is 10.4 Å². The molecule has 0 spiro atoms. The number of hydrogen-bond acceptors (Lipinski definition) is 6. The van der Waals surface area contributed by atoms with Gasteiger partial charge in [-0.2, -0.15) is 0 Å². The SMILES string of the molecule is O=C(CSc1nnc(-c2ccco2)o1)c1cccc2ccccc12. The number of carbonyl (C=O) groups excluding carboxylic acids is 1. The van der Waals surface area contributed by atoms with Crippen LogP contribution in [-0.2, 0) is 0 Å². The van der Waals surface area contributed by atoms with Crippen molar-refractivity contribution in [2.45, 2.75) is 5.22 Å². The van der Waals surface area contributed by atoms with Gasteiger partial charge in [0.05, 0.1) is 12.0 Å². The van der Waals surface area contributed by atoms with Crippen LogP contribution in [0, 0.1) is 0 Å². The Morgan fingerprint density at radius 2 is 1.88 bits per heavy atom. The lowest BCUT2D eigenvalue weighted by atomic mass is 10.0. The smallest absolute Gasteiger partial charge is 0.284 e. The van der Waals surface area contributed by atoms with Gasteiger partial charge < -0.3 is 8.83 Å². The molecule has 6 heteroatoms. The highest BCUT2D eigenvalue weighted by Gasteiger charge is 2.15. The molecule has 4 aromatic rings. The Labute approximate surface area is 141 Å². The molecular formula is C18H12N2O3S. The summed E-state index contributed by atoms with van der Waals surface area (Å²) in [5, 5.41) is 10.2. The number of ketones is 1. The third-order valence-electron chi connectivity index (χ3n) is 3.56. The van der Waals surface area contributed by atoms with Gasteiger partial charge in [0.25, 0.3) is 11.1 Å². The Hall–Kier alpha value is -2.86. The maximum atomic E-state index is 12.5. The summed E-state index contributed by atoms with van der Waals surface area (Å²) in [6.07, 6.45) is 1.54. The Morgan fingerprint density at radius 1 is 1.00 bits per heavy atom. The minimum Gasteiger partial charge on any atom is -0.459 e. The number of rotatable bonds is 5. The largest absolute Gasteiger partial charge is 0.459 e. The zero-order chi connectivity index (χ0) is 16.4. The Morgan fingerprint density at radius 3 is 2.75 bits per heavy atom. The molecule has 0 amide bonds. The summed E-state index contributed by atoms with van der Waals surface area (Å²) < 4.78 is 10.7. The van der Waals surface area contributed by atoms with Crippen molar-refractivity contribution in [2.75, 3.05) is 5.75 Å². The molecule has 24 heavy (non-hydrogen) atoms. The van der Waals surface area contributed by atoms with E-state index in [0.717, 1.165) is 10.8 Å². The topological polar surface area (TPSA) is 69.1 Å². The predicted octanol–water partition coefficient (Wildman–Crippen LogP) is 4.46. The molecule has 0 aliphatic heterocycles. The zero-order valence-corrected chi connectivity index (χ0v) is 13.3. The lowest BCUT2D eigenvalue weighted by Gasteiger charge is -2.04. The molecule has 0 aliphatic carbocycles. The lowest BCUT2D eigenvalue weighted by Crippen LogP contribution is -2.03. The second-order valence-electron chi connectivity index (χ2n) is 5.09. The standard InChI is InChI=1S/C18H12N2O3S/c21-15(14-8-3-6-12-5-1-2-7-13(12)14)11-24-18-20-19-17(23-18)16-9-4-10-22-16/h1-10H,11H2. The second kappa shape index (κ2) is 6.33. The number of nitrogens with zero attached hydrogens (tertiary/aromatic N) is 2. The van der Waals surface area contributed by atoms with Crippen molar-refractivity contribution in [3.8, 4) is 11.7 Å². The van der Waals surface area contributed by atoms with Crippen LogP contribution < -0.4 is 0 Å². The van der Waals surface area contributed by atoms with Crippen LogP contribution in [0.5, 0.6) is 0 Å². The summed E-state index contributed by atoms with van der Waals surface area (Å²) in [4.78, 5) is 12.5. The zero-order valence-electron chi connectivity index (χ0n) is 12.5. The van der Waals surface area contributed by atoms with E-state index in [-0.39, 0.29) is 11.5 Å². The number of fused-ring (bicyclic) bond motifs is 1. The monoisotopic (exact) mass is 336 g/mol. The molecule has 2 heterocycles. The van der Waals surface area contributed by atoms with E-state index in [2.05, 4.69) is 10.2 Å². The summed E-state index contributed by atoms with van der Waals surface area (Å²) in [5.41, 5.74) is 0.700.